The van der Waals surface area contributed by atoms with Gasteiger partial charge in [-0.2, -0.15) is 13.2 Å². The second kappa shape index (κ2) is 8.98. The zero-order valence-corrected chi connectivity index (χ0v) is 17.6. The highest BCUT2D eigenvalue weighted by atomic mass is 32.2. The third-order valence-electron chi connectivity index (χ3n) is 5.79. The summed E-state index contributed by atoms with van der Waals surface area (Å²) in [6.07, 6.45) is -1.20. The summed E-state index contributed by atoms with van der Waals surface area (Å²) in [7, 11) is -0.932. The zero-order valence-electron chi connectivity index (χ0n) is 16.8. The van der Waals surface area contributed by atoms with Gasteiger partial charge in [-0.3, -0.25) is 9.11 Å². The maximum atomic E-state index is 12.9. The molecule has 2 aliphatic rings. The molecule has 0 spiro atoms. The largest absolute Gasteiger partial charge is 0.416 e. The summed E-state index contributed by atoms with van der Waals surface area (Å²) in [5.41, 5.74) is 2.26. The SMILES string of the molecule is O=S1CNc2ccc(CCCCN3CCN(c4cccc(C(F)(F)F)c4)CC3)cc21. The standard InChI is InChI=1S/C22H26F3N3OS/c23-22(24,25)18-5-3-6-19(15-18)28-12-10-27(11-13-28)9-2-1-4-17-7-8-20-21(14-17)30(29)16-26-20/h3,5-8,14-15,26H,1-2,4,9-13,16H2. The fraction of sp³-hybridized carbons (Fsp3) is 0.455. The fourth-order valence-electron chi connectivity index (χ4n) is 4.05. The van der Waals surface area contributed by atoms with Crippen LogP contribution in [0.3, 0.4) is 0 Å². The molecule has 1 N–H and O–H groups in total. The van der Waals surface area contributed by atoms with Gasteiger partial charge in [0.2, 0.25) is 0 Å². The van der Waals surface area contributed by atoms with Gasteiger partial charge in [0, 0.05) is 31.9 Å². The van der Waals surface area contributed by atoms with Crippen LogP contribution in [0.2, 0.25) is 0 Å². The Bertz CT molecular complexity index is 911. The van der Waals surface area contributed by atoms with Crippen LogP contribution >= 0.6 is 0 Å². The van der Waals surface area contributed by atoms with Crippen LogP contribution in [0.15, 0.2) is 47.4 Å². The van der Waals surface area contributed by atoms with E-state index in [1.54, 1.807) is 6.07 Å². The summed E-state index contributed by atoms with van der Waals surface area (Å²) >= 11 is 0. The number of rotatable bonds is 6. The maximum absolute atomic E-state index is 12.9. The van der Waals surface area contributed by atoms with Crippen LogP contribution in [0.25, 0.3) is 0 Å². The molecule has 2 aliphatic heterocycles. The molecule has 0 bridgehead atoms. The molecule has 8 heteroatoms. The van der Waals surface area contributed by atoms with Crippen LogP contribution in [0.5, 0.6) is 0 Å². The number of benzene rings is 2. The molecule has 4 rings (SSSR count). The monoisotopic (exact) mass is 437 g/mol. The molecule has 30 heavy (non-hydrogen) atoms. The number of hydrogen-bond donors (Lipinski definition) is 1. The van der Waals surface area contributed by atoms with E-state index in [2.05, 4.69) is 22.3 Å². The second-order valence-corrected chi connectivity index (χ2v) is 9.25. The summed E-state index contributed by atoms with van der Waals surface area (Å²) in [4.78, 5) is 5.33. The Morgan fingerprint density at radius 2 is 1.80 bits per heavy atom. The van der Waals surface area contributed by atoms with Crippen molar-refractivity contribution in [2.24, 2.45) is 0 Å². The smallest absolute Gasteiger partial charge is 0.372 e. The van der Waals surface area contributed by atoms with Gasteiger partial charge in [-0.05, 0) is 61.7 Å². The lowest BCUT2D eigenvalue weighted by Crippen LogP contribution is -2.46. The second-order valence-electron chi connectivity index (χ2n) is 7.83. The van der Waals surface area contributed by atoms with Crippen LogP contribution < -0.4 is 10.2 Å². The first-order chi connectivity index (χ1) is 14.4. The Morgan fingerprint density at radius 1 is 1.00 bits per heavy atom. The van der Waals surface area contributed by atoms with E-state index in [1.807, 2.05) is 11.0 Å². The van der Waals surface area contributed by atoms with Crippen molar-refractivity contribution in [3.8, 4) is 0 Å². The lowest BCUT2D eigenvalue weighted by Gasteiger charge is -2.36. The quantitative estimate of drug-likeness (QED) is 0.682. The number of nitrogens with one attached hydrogen (secondary N) is 1. The average Bonchev–Trinajstić information content (AvgIpc) is 3.11. The molecular formula is C22H26F3N3OS. The minimum Gasteiger partial charge on any atom is -0.372 e. The summed E-state index contributed by atoms with van der Waals surface area (Å²) < 4.78 is 50.7. The summed E-state index contributed by atoms with van der Waals surface area (Å²) in [6, 6.07) is 11.8. The van der Waals surface area contributed by atoms with Crippen molar-refractivity contribution in [1.29, 1.82) is 0 Å². The predicted octanol–water partition coefficient (Wildman–Crippen LogP) is 4.34. The number of unbranched alkanes of at least 4 members (excludes halogenated alkanes) is 1. The average molecular weight is 438 g/mol. The zero-order chi connectivity index (χ0) is 21.1. The van der Waals surface area contributed by atoms with Crippen molar-refractivity contribution in [2.45, 2.75) is 30.3 Å². The number of piperazine rings is 1. The topological polar surface area (TPSA) is 35.6 Å². The van der Waals surface area contributed by atoms with Crippen molar-refractivity contribution in [1.82, 2.24) is 4.90 Å². The number of aryl methyl sites for hydroxylation is 1. The lowest BCUT2D eigenvalue weighted by atomic mass is 10.1. The first-order valence-corrected chi connectivity index (χ1v) is 11.6. The molecule has 0 amide bonds. The molecule has 0 saturated carbocycles. The third-order valence-corrected chi connectivity index (χ3v) is 7.02. The van der Waals surface area contributed by atoms with E-state index < -0.39 is 22.5 Å². The molecule has 2 heterocycles. The van der Waals surface area contributed by atoms with Crippen molar-refractivity contribution in [3.63, 3.8) is 0 Å². The first kappa shape index (κ1) is 21.2. The van der Waals surface area contributed by atoms with Crippen molar-refractivity contribution >= 4 is 22.2 Å². The fourth-order valence-corrected chi connectivity index (χ4v) is 5.16. The maximum Gasteiger partial charge on any atom is 0.416 e. The molecule has 1 atom stereocenters. The number of alkyl halides is 3. The van der Waals surface area contributed by atoms with Gasteiger partial charge in [0.05, 0.1) is 32.8 Å². The summed E-state index contributed by atoms with van der Waals surface area (Å²) in [5.74, 6) is 0.505. The minimum atomic E-state index is -4.30. The Hall–Kier alpha value is -2.06. The van der Waals surface area contributed by atoms with Crippen molar-refractivity contribution < 1.29 is 17.4 Å². The Labute approximate surface area is 177 Å². The molecule has 0 aromatic heterocycles. The Morgan fingerprint density at radius 3 is 2.57 bits per heavy atom. The van der Waals surface area contributed by atoms with E-state index in [-0.39, 0.29) is 0 Å². The van der Waals surface area contributed by atoms with Gasteiger partial charge in [-0.15, -0.1) is 0 Å². The number of fused-ring (bicyclic) bond motifs is 1. The summed E-state index contributed by atoms with van der Waals surface area (Å²) in [6.45, 7) is 4.20. The molecule has 2 aromatic carbocycles. The first-order valence-electron chi connectivity index (χ1n) is 10.3. The Kier molecular flexibility index (Phi) is 6.34. The number of halogens is 3. The van der Waals surface area contributed by atoms with Crippen LogP contribution in [0.1, 0.15) is 24.0 Å². The molecule has 4 nitrogen and oxygen atoms in total. The molecule has 1 saturated heterocycles. The molecule has 162 valence electrons. The van der Waals surface area contributed by atoms with Gasteiger partial charge in [-0.1, -0.05) is 12.1 Å². The van der Waals surface area contributed by atoms with E-state index in [1.165, 1.54) is 17.7 Å². The van der Waals surface area contributed by atoms with E-state index >= 15 is 0 Å². The van der Waals surface area contributed by atoms with Crippen LogP contribution in [0.4, 0.5) is 24.5 Å². The van der Waals surface area contributed by atoms with E-state index in [4.69, 9.17) is 0 Å². The minimum absolute atomic E-state index is 0.505. The predicted molar refractivity (Wildman–Crippen MR) is 114 cm³/mol. The van der Waals surface area contributed by atoms with Crippen molar-refractivity contribution in [2.75, 3.05) is 48.8 Å². The van der Waals surface area contributed by atoms with E-state index in [0.29, 0.717) is 11.6 Å². The van der Waals surface area contributed by atoms with Crippen LogP contribution in [-0.2, 0) is 23.4 Å². The van der Waals surface area contributed by atoms with E-state index in [0.717, 1.165) is 68.6 Å². The number of hydrogen-bond acceptors (Lipinski definition) is 4. The van der Waals surface area contributed by atoms with Gasteiger partial charge >= 0.3 is 6.18 Å². The van der Waals surface area contributed by atoms with Gasteiger partial charge in [0.1, 0.15) is 0 Å². The Balaban J connectivity index is 1.20. The molecular weight excluding hydrogens is 411 g/mol. The highest BCUT2D eigenvalue weighted by Crippen LogP contribution is 2.32. The number of anilines is 2. The van der Waals surface area contributed by atoms with E-state index in [9.17, 15) is 17.4 Å². The highest BCUT2D eigenvalue weighted by Gasteiger charge is 2.31. The van der Waals surface area contributed by atoms with Gasteiger partial charge < -0.3 is 10.2 Å². The highest BCUT2D eigenvalue weighted by molar-refractivity contribution is 7.85. The van der Waals surface area contributed by atoms with Crippen LogP contribution in [0, 0.1) is 0 Å². The van der Waals surface area contributed by atoms with Gasteiger partial charge in [0.25, 0.3) is 0 Å². The molecule has 0 radical (unpaired) electrons. The molecule has 1 fully saturated rings. The molecule has 0 aliphatic carbocycles. The molecule has 2 aromatic rings. The normalized spacial score (nSPS) is 19.6. The molecule has 1 unspecified atom stereocenters. The third kappa shape index (κ3) is 4.98. The number of nitrogens with zero attached hydrogens (tertiary/aromatic N) is 2. The summed E-state index contributed by atoms with van der Waals surface area (Å²) in [5, 5.41) is 3.15. The lowest BCUT2D eigenvalue weighted by molar-refractivity contribution is -0.137. The van der Waals surface area contributed by atoms with Crippen molar-refractivity contribution in [3.05, 3.63) is 53.6 Å². The van der Waals surface area contributed by atoms with Gasteiger partial charge in [-0.25, -0.2) is 0 Å². The van der Waals surface area contributed by atoms with Crippen LogP contribution in [-0.4, -0.2) is 47.7 Å². The van der Waals surface area contributed by atoms with Gasteiger partial charge in [0.15, 0.2) is 0 Å².